The molecule has 0 unspecified atom stereocenters. The minimum atomic E-state index is -3.52. The number of carbonyl (C=O) groups excluding carboxylic acids is 1. The van der Waals surface area contributed by atoms with Crippen molar-refractivity contribution in [2.75, 3.05) is 18.5 Å². The van der Waals surface area contributed by atoms with Gasteiger partial charge in [0.1, 0.15) is 0 Å². The van der Waals surface area contributed by atoms with Gasteiger partial charge in [0, 0.05) is 35.6 Å². The number of anilines is 1. The van der Waals surface area contributed by atoms with Crippen molar-refractivity contribution in [3.8, 4) is 0 Å². The number of hydrogen-bond acceptors (Lipinski definition) is 10. The molecule has 1 aromatic carbocycles. The first kappa shape index (κ1) is 23.0. The zero-order valence-electron chi connectivity index (χ0n) is 17.7. The lowest BCUT2D eigenvalue weighted by Gasteiger charge is -2.11. The fourth-order valence-electron chi connectivity index (χ4n) is 3.11. The number of nitrogens with zero attached hydrogens (tertiary/aromatic N) is 4. The smallest absolute Gasteiger partial charge is 0.280 e. The van der Waals surface area contributed by atoms with Crippen LogP contribution in [0, 0.1) is 6.92 Å². The highest BCUT2D eigenvalue weighted by Gasteiger charge is 2.31. The number of aromatic nitrogens is 3. The van der Waals surface area contributed by atoms with Gasteiger partial charge in [-0.15, -0.1) is 11.3 Å². The van der Waals surface area contributed by atoms with Crippen LogP contribution >= 0.6 is 11.3 Å². The SMILES string of the molecule is Cc1cnc(NC(=O)C(=NOCc2ncccn2)c2ccc(S(=O)(=O)[C@H]3CCOC3)cc2)s1. The van der Waals surface area contributed by atoms with Crippen molar-refractivity contribution < 1.29 is 22.8 Å². The molecule has 0 saturated carbocycles. The van der Waals surface area contributed by atoms with Crippen molar-refractivity contribution in [2.24, 2.45) is 5.16 Å². The number of hydrogen-bond donors (Lipinski definition) is 1. The molecule has 1 aliphatic rings. The number of oxime groups is 1. The van der Waals surface area contributed by atoms with Crippen LogP contribution in [0.5, 0.6) is 0 Å². The van der Waals surface area contributed by atoms with Gasteiger partial charge >= 0.3 is 0 Å². The molecule has 3 aromatic rings. The summed E-state index contributed by atoms with van der Waals surface area (Å²) in [6, 6.07) is 7.64. The van der Waals surface area contributed by atoms with Gasteiger partial charge in [-0.25, -0.2) is 23.4 Å². The number of ether oxygens (including phenoxy) is 1. The van der Waals surface area contributed by atoms with E-state index < -0.39 is 21.0 Å². The van der Waals surface area contributed by atoms with Gasteiger partial charge in [-0.05, 0) is 31.5 Å². The van der Waals surface area contributed by atoms with Gasteiger partial charge in [0.25, 0.3) is 5.91 Å². The Kier molecular flexibility index (Phi) is 7.06. The van der Waals surface area contributed by atoms with Crippen LogP contribution in [0.25, 0.3) is 0 Å². The predicted octanol–water partition coefficient (Wildman–Crippen LogP) is 2.36. The normalized spacial score (nSPS) is 16.5. The van der Waals surface area contributed by atoms with Gasteiger partial charge in [-0.2, -0.15) is 0 Å². The highest BCUT2D eigenvalue weighted by atomic mass is 32.2. The van der Waals surface area contributed by atoms with E-state index in [2.05, 4.69) is 25.4 Å². The number of aryl methyl sites for hydroxylation is 1. The monoisotopic (exact) mass is 487 g/mol. The fourth-order valence-corrected chi connectivity index (χ4v) is 5.35. The second-order valence-electron chi connectivity index (χ2n) is 7.16. The second kappa shape index (κ2) is 10.1. The molecule has 1 fully saturated rings. The summed E-state index contributed by atoms with van der Waals surface area (Å²) in [5.74, 6) is -0.144. The third-order valence-electron chi connectivity index (χ3n) is 4.81. The Balaban J connectivity index is 1.57. The molecule has 1 amide bonds. The van der Waals surface area contributed by atoms with Gasteiger partial charge in [0.2, 0.25) is 0 Å². The van der Waals surface area contributed by atoms with Crippen molar-refractivity contribution >= 4 is 37.9 Å². The van der Waals surface area contributed by atoms with Crippen molar-refractivity contribution in [3.05, 3.63) is 65.2 Å². The van der Waals surface area contributed by atoms with Crippen LogP contribution in [0.15, 0.2) is 59.0 Å². The molecule has 2 aromatic heterocycles. The van der Waals surface area contributed by atoms with Crippen molar-refractivity contribution in [2.45, 2.75) is 30.1 Å². The molecule has 1 aliphatic heterocycles. The molecule has 12 heteroatoms. The Morgan fingerprint density at radius 1 is 1.24 bits per heavy atom. The predicted molar refractivity (Wildman–Crippen MR) is 122 cm³/mol. The summed E-state index contributed by atoms with van der Waals surface area (Å²) in [5.41, 5.74) is 0.350. The van der Waals surface area contributed by atoms with Gasteiger partial charge in [-0.3, -0.25) is 10.1 Å². The fraction of sp³-hybridized carbons (Fsp3) is 0.286. The number of nitrogens with one attached hydrogen (secondary N) is 1. The van der Waals surface area contributed by atoms with E-state index in [4.69, 9.17) is 9.57 Å². The Bertz CT molecular complexity index is 1240. The third-order valence-corrected chi connectivity index (χ3v) is 7.82. The Morgan fingerprint density at radius 3 is 2.64 bits per heavy atom. The summed E-state index contributed by atoms with van der Waals surface area (Å²) in [6.07, 6.45) is 5.25. The van der Waals surface area contributed by atoms with E-state index >= 15 is 0 Å². The quantitative estimate of drug-likeness (QED) is 0.378. The lowest BCUT2D eigenvalue weighted by molar-refractivity contribution is -0.110. The first-order valence-corrected chi connectivity index (χ1v) is 12.4. The van der Waals surface area contributed by atoms with Gasteiger partial charge < -0.3 is 9.57 Å². The minimum Gasteiger partial charge on any atom is -0.387 e. The molecule has 10 nitrogen and oxygen atoms in total. The number of sulfone groups is 1. The average Bonchev–Trinajstić information content (AvgIpc) is 3.50. The Labute approximate surface area is 194 Å². The van der Waals surface area contributed by atoms with Crippen molar-refractivity contribution in [1.82, 2.24) is 15.0 Å². The Morgan fingerprint density at radius 2 is 2.00 bits per heavy atom. The van der Waals surface area contributed by atoms with E-state index in [1.807, 2.05) is 6.92 Å². The van der Waals surface area contributed by atoms with Crippen LogP contribution in [-0.4, -0.2) is 53.5 Å². The summed E-state index contributed by atoms with van der Waals surface area (Å²) in [7, 11) is -3.52. The maximum Gasteiger partial charge on any atom is 0.280 e. The molecular weight excluding hydrogens is 466 g/mol. The molecule has 0 aliphatic carbocycles. The lowest BCUT2D eigenvalue weighted by atomic mass is 10.1. The molecule has 0 spiro atoms. The maximum atomic E-state index is 12.9. The second-order valence-corrected chi connectivity index (χ2v) is 10.6. The zero-order valence-corrected chi connectivity index (χ0v) is 19.3. The topological polar surface area (TPSA) is 133 Å². The number of benzene rings is 1. The summed E-state index contributed by atoms with van der Waals surface area (Å²) in [6.45, 7) is 2.45. The summed E-state index contributed by atoms with van der Waals surface area (Å²) >= 11 is 1.32. The van der Waals surface area contributed by atoms with Crippen LogP contribution in [0.4, 0.5) is 5.13 Å². The third kappa shape index (κ3) is 5.59. The van der Waals surface area contributed by atoms with E-state index in [0.29, 0.717) is 29.5 Å². The minimum absolute atomic E-state index is 0.0352. The number of carbonyl (C=O) groups is 1. The molecule has 1 atom stereocenters. The Hall–Kier alpha value is -3.22. The summed E-state index contributed by atoms with van der Waals surface area (Å²) in [4.78, 5) is 31.6. The van der Waals surface area contributed by atoms with E-state index in [9.17, 15) is 13.2 Å². The number of thiazole rings is 1. The molecule has 1 saturated heterocycles. The lowest BCUT2D eigenvalue weighted by Crippen LogP contribution is -2.25. The molecule has 172 valence electrons. The molecule has 1 N–H and O–H groups in total. The van der Waals surface area contributed by atoms with Gasteiger partial charge in [0.15, 0.2) is 33.1 Å². The van der Waals surface area contributed by atoms with E-state index in [0.717, 1.165) is 4.88 Å². The van der Waals surface area contributed by atoms with E-state index in [1.54, 1.807) is 24.7 Å². The van der Waals surface area contributed by atoms with Crippen molar-refractivity contribution in [1.29, 1.82) is 0 Å². The number of rotatable bonds is 8. The van der Waals surface area contributed by atoms with E-state index in [-0.39, 0.29) is 23.8 Å². The van der Waals surface area contributed by atoms with Crippen molar-refractivity contribution in [3.63, 3.8) is 0 Å². The molecule has 0 radical (unpaired) electrons. The zero-order chi connectivity index (χ0) is 23.3. The molecule has 3 heterocycles. The molecule has 0 bridgehead atoms. The molecule has 4 rings (SSSR count). The summed E-state index contributed by atoms with van der Waals surface area (Å²) < 4.78 is 30.8. The van der Waals surface area contributed by atoms with Crippen LogP contribution in [0.3, 0.4) is 0 Å². The first-order chi connectivity index (χ1) is 15.9. The van der Waals surface area contributed by atoms with Crippen LogP contribution < -0.4 is 5.32 Å². The first-order valence-electron chi connectivity index (χ1n) is 10.0. The molecule has 33 heavy (non-hydrogen) atoms. The molecular formula is C21H21N5O5S2. The van der Waals surface area contributed by atoms with Gasteiger partial charge in [0.05, 0.1) is 16.8 Å². The standard InChI is InChI=1S/C21H21N5O5S2/c1-14-11-24-21(32-14)25-20(27)19(26-31-13-18-22-8-2-9-23-18)15-3-5-16(6-4-15)33(28,29)17-7-10-30-12-17/h2-6,8-9,11,17H,7,10,12-13H2,1H3,(H,24,25,27)/t17-/m0/s1. The maximum absolute atomic E-state index is 12.9. The van der Waals surface area contributed by atoms with E-state index in [1.165, 1.54) is 35.6 Å². The van der Waals surface area contributed by atoms with Crippen LogP contribution in [0.1, 0.15) is 22.7 Å². The van der Waals surface area contributed by atoms with Crippen LogP contribution in [0.2, 0.25) is 0 Å². The number of amides is 1. The largest absolute Gasteiger partial charge is 0.387 e. The van der Waals surface area contributed by atoms with Gasteiger partial charge in [-0.1, -0.05) is 17.3 Å². The van der Waals surface area contributed by atoms with Crippen LogP contribution in [-0.2, 0) is 30.8 Å². The average molecular weight is 488 g/mol. The summed E-state index contributed by atoms with van der Waals surface area (Å²) in [5, 5.41) is 6.53. The highest BCUT2D eigenvalue weighted by Crippen LogP contribution is 2.23. The highest BCUT2D eigenvalue weighted by molar-refractivity contribution is 7.92.